The molecule has 0 fully saturated rings. The van der Waals surface area contributed by atoms with E-state index in [0.717, 1.165) is 6.42 Å². The van der Waals surface area contributed by atoms with E-state index in [9.17, 15) is 4.79 Å². The van der Waals surface area contributed by atoms with Crippen LogP contribution in [-0.4, -0.2) is 58.5 Å². The molecule has 6 heteroatoms. The molecule has 0 saturated carbocycles. The number of methoxy groups -OCH3 is 1. The first-order valence-electron chi connectivity index (χ1n) is 5.22. The average molecular weight is 252 g/mol. The molecule has 0 N–H and O–H groups in total. The normalized spacial score (nSPS) is 10.4. The SMILES string of the molecule is COCCOCCOCC(=O)OCCCS. The Labute approximate surface area is 102 Å². The Balaban J connectivity index is 3.09. The highest BCUT2D eigenvalue weighted by molar-refractivity contribution is 7.80. The lowest BCUT2D eigenvalue weighted by Gasteiger charge is -2.05. The molecule has 16 heavy (non-hydrogen) atoms. The quantitative estimate of drug-likeness (QED) is 0.330. The summed E-state index contributed by atoms with van der Waals surface area (Å²) < 4.78 is 19.8. The summed E-state index contributed by atoms with van der Waals surface area (Å²) in [4.78, 5) is 11.0. The lowest BCUT2D eigenvalue weighted by atomic mass is 10.5. The Morgan fingerprint density at radius 3 is 2.44 bits per heavy atom. The number of ether oxygens (including phenoxy) is 4. The minimum absolute atomic E-state index is 0.0276. The van der Waals surface area contributed by atoms with Gasteiger partial charge in [-0.15, -0.1) is 0 Å². The zero-order valence-corrected chi connectivity index (χ0v) is 10.5. The van der Waals surface area contributed by atoms with Gasteiger partial charge in [-0.3, -0.25) is 0 Å². The number of esters is 1. The van der Waals surface area contributed by atoms with E-state index in [2.05, 4.69) is 12.6 Å². The van der Waals surface area contributed by atoms with E-state index in [-0.39, 0.29) is 12.6 Å². The van der Waals surface area contributed by atoms with Crippen molar-refractivity contribution in [3.05, 3.63) is 0 Å². The monoisotopic (exact) mass is 252 g/mol. The second-order valence-electron chi connectivity index (χ2n) is 2.96. The van der Waals surface area contributed by atoms with Crippen molar-refractivity contribution in [1.82, 2.24) is 0 Å². The van der Waals surface area contributed by atoms with E-state index in [1.54, 1.807) is 7.11 Å². The Morgan fingerprint density at radius 1 is 1.06 bits per heavy atom. The molecule has 5 nitrogen and oxygen atoms in total. The van der Waals surface area contributed by atoms with E-state index in [1.807, 2.05) is 0 Å². The van der Waals surface area contributed by atoms with Crippen LogP contribution in [0.3, 0.4) is 0 Å². The molecule has 0 aromatic carbocycles. The van der Waals surface area contributed by atoms with Crippen LogP contribution in [0.15, 0.2) is 0 Å². The standard InChI is InChI=1S/C10H20O5S/c1-12-4-5-13-6-7-14-9-10(11)15-3-2-8-16/h16H,2-9H2,1H3. The molecule has 0 bridgehead atoms. The van der Waals surface area contributed by atoms with Gasteiger partial charge in [-0.05, 0) is 12.2 Å². The fraction of sp³-hybridized carbons (Fsp3) is 0.900. The molecule has 0 aromatic heterocycles. The molecule has 0 aliphatic heterocycles. The second kappa shape index (κ2) is 12.8. The van der Waals surface area contributed by atoms with Crippen molar-refractivity contribution in [1.29, 1.82) is 0 Å². The Kier molecular flexibility index (Phi) is 12.5. The van der Waals surface area contributed by atoms with Crippen LogP contribution in [0.2, 0.25) is 0 Å². The topological polar surface area (TPSA) is 54.0 Å². The molecular formula is C10H20O5S. The van der Waals surface area contributed by atoms with Gasteiger partial charge in [-0.25, -0.2) is 4.79 Å². The minimum atomic E-state index is -0.348. The van der Waals surface area contributed by atoms with Crippen LogP contribution in [0.25, 0.3) is 0 Å². The van der Waals surface area contributed by atoms with Crippen molar-refractivity contribution < 1.29 is 23.7 Å². The third kappa shape index (κ3) is 11.8. The molecule has 0 saturated heterocycles. The molecule has 0 unspecified atom stereocenters. The van der Waals surface area contributed by atoms with Crippen LogP contribution in [0, 0.1) is 0 Å². The van der Waals surface area contributed by atoms with Gasteiger partial charge in [-0.2, -0.15) is 12.6 Å². The molecule has 0 aliphatic carbocycles. The molecule has 0 radical (unpaired) electrons. The molecule has 0 heterocycles. The smallest absolute Gasteiger partial charge is 0.332 e. The van der Waals surface area contributed by atoms with E-state index < -0.39 is 0 Å². The Morgan fingerprint density at radius 2 is 1.75 bits per heavy atom. The summed E-state index contributed by atoms with van der Waals surface area (Å²) >= 11 is 4.00. The second-order valence-corrected chi connectivity index (χ2v) is 3.40. The zero-order chi connectivity index (χ0) is 12.1. The van der Waals surface area contributed by atoms with Gasteiger partial charge in [0.05, 0.1) is 33.0 Å². The molecule has 0 atom stereocenters. The van der Waals surface area contributed by atoms with Crippen LogP contribution in [0.5, 0.6) is 0 Å². The van der Waals surface area contributed by atoms with E-state index in [1.165, 1.54) is 0 Å². The van der Waals surface area contributed by atoms with Crippen molar-refractivity contribution in [2.45, 2.75) is 6.42 Å². The summed E-state index contributed by atoms with van der Waals surface area (Å²) in [7, 11) is 1.61. The van der Waals surface area contributed by atoms with Crippen molar-refractivity contribution in [2.75, 3.05) is 52.5 Å². The number of hydrogen-bond acceptors (Lipinski definition) is 6. The summed E-state index contributed by atoms with van der Waals surface area (Å²) in [5.41, 5.74) is 0. The summed E-state index contributed by atoms with van der Waals surface area (Å²) in [5, 5.41) is 0. The summed E-state index contributed by atoms with van der Waals surface area (Å²) in [6.45, 7) is 2.30. The van der Waals surface area contributed by atoms with Crippen LogP contribution in [0.4, 0.5) is 0 Å². The molecule has 0 spiro atoms. The average Bonchev–Trinajstić information content (AvgIpc) is 2.28. The molecular weight excluding hydrogens is 232 g/mol. The fourth-order valence-electron chi connectivity index (χ4n) is 0.810. The first-order chi connectivity index (χ1) is 7.81. The van der Waals surface area contributed by atoms with Crippen LogP contribution in [0.1, 0.15) is 6.42 Å². The largest absolute Gasteiger partial charge is 0.464 e. The molecule has 0 amide bonds. The number of thiol groups is 1. The lowest BCUT2D eigenvalue weighted by molar-refractivity contribution is -0.149. The first-order valence-corrected chi connectivity index (χ1v) is 5.85. The van der Waals surface area contributed by atoms with Gasteiger partial charge in [0.1, 0.15) is 6.61 Å². The van der Waals surface area contributed by atoms with Crippen molar-refractivity contribution in [3.63, 3.8) is 0 Å². The maximum atomic E-state index is 11.0. The fourth-order valence-corrected chi connectivity index (χ4v) is 0.939. The number of hydrogen-bond donors (Lipinski definition) is 1. The van der Waals surface area contributed by atoms with Gasteiger partial charge in [-0.1, -0.05) is 0 Å². The van der Waals surface area contributed by atoms with Crippen molar-refractivity contribution in [2.24, 2.45) is 0 Å². The van der Waals surface area contributed by atoms with Gasteiger partial charge in [0.25, 0.3) is 0 Å². The van der Waals surface area contributed by atoms with Gasteiger partial charge in [0.2, 0.25) is 0 Å². The molecule has 0 aromatic rings. The Bertz CT molecular complexity index is 165. The number of carbonyl (C=O) groups is 1. The number of carbonyl (C=O) groups excluding carboxylic acids is 1. The third-order valence-electron chi connectivity index (χ3n) is 1.59. The summed E-state index contributed by atoms with van der Waals surface area (Å²) in [6.07, 6.45) is 0.759. The van der Waals surface area contributed by atoms with Gasteiger partial charge < -0.3 is 18.9 Å². The molecule has 0 aliphatic rings. The highest BCUT2D eigenvalue weighted by Crippen LogP contribution is 1.88. The third-order valence-corrected chi connectivity index (χ3v) is 1.91. The van der Waals surface area contributed by atoms with Crippen molar-refractivity contribution in [3.8, 4) is 0 Å². The summed E-state index contributed by atoms with van der Waals surface area (Å²) in [6, 6.07) is 0. The van der Waals surface area contributed by atoms with Gasteiger partial charge >= 0.3 is 5.97 Å². The predicted octanol–water partition coefficient (Wildman–Crippen LogP) is 0.529. The van der Waals surface area contributed by atoms with Crippen LogP contribution < -0.4 is 0 Å². The Hall–Kier alpha value is -0.300. The minimum Gasteiger partial charge on any atom is -0.464 e. The van der Waals surface area contributed by atoms with E-state index in [0.29, 0.717) is 38.8 Å². The highest BCUT2D eigenvalue weighted by Gasteiger charge is 2.01. The highest BCUT2D eigenvalue weighted by atomic mass is 32.1. The van der Waals surface area contributed by atoms with Crippen LogP contribution >= 0.6 is 12.6 Å². The number of rotatable bonds is 11. The lowest BCUT2D eigenvalue weighted by Crippen LogP contribution is -2.16. The molecule has 96 valence electrons. The van der Waals surface area contributed by atoms with Gasteiger partial charge in [0, 0.05) is 7.11 Å². The van der Waals surface area contributed by atoms with Crippen LogP contribution in [-0.2, 0) is 23.7 Å². The zero-order valence-electron chi connectivity index (χ0n) is 9.65. The van der Waals surface area contributed by atoms with E-state index >= 15 is 0 Å². The van der Waals surface area contributed by atoms with Crippen molar-refractivity contribution >= 4 is 18.6 Å². The summed E-state index contributed by atoms with van der Waals surface area (Å²) in [5.74, 6) is 0.361. The maximum absolute atomic E-state index is 11.0. The maximum Gasteiger partial charge on any atom is 0.332 e. The molecule has 0 rings (SSSR count). The predicted molar refractivity (Wildman–Crippen MR) is 62.9 cm³/mol. The van der Waals surface area contributed by atoms with E-state index in [4.69, 9.17) is 18.9 Å². The first kappa shape index (κ1) is 15.7. The van der Waals surface area contributed by atoms with Gasteiger partial charge in [0.15, 0.2) is 0 Å².